The Bertz CT molecular complexity index is 883. The molecular weight excluding hydrogens is 352 g/mol. The minimum atomic E-state index is 0.404. The molecule has 0 aliphatic carbocycles. The lowest BCUT2D eigenvalue weighted by Gasteiger charge is -2.25. The van der Waals surface area contributed by atoms with Gasteiger partial charge in [0, 0.05) is 12.6 Å². The van der Waals surface area contributed by atoms with Crippen LogP contribution in [0.5, 0.6) is 5.75 Å². The molecule has 1 atom stereocenters. The van der Waals surface area contributed by atoms with E-state index < -0.39 is 0 Å². The van der Waals surface area contributed by atoms with Crippen LogP contribution in [0, 0.1) is 4.77 Å². The van der Waals surface area contributed by atoms with Crippen molar-refractivity contribution in [3.05, 3.63) is 52.1 Å². The van der Waals surface area contributed by atoms with Gasteiger partial charge in [-0.05, 0) is 54.2 Å². The van der Waals surface area contributed by atoms with Gasteiger partial charge in [0.1, 0.15) is 5.75 Å². The summed E-state index contributed by atoms with van der Waals surface area (Å²) in [6, 6.07) is 12.9. The smallest absolute Gasteiger partial charge is 0.217 e. The second-order valence-corrected chi connectivity index (χ2v) is 7.46. The maximum Gasteiger partial charge on any atom is 0.217 e. The van der Waals surface area contributed by atoms with Crippen molar-refractivity contribution >= 4 is 23.6 Å². The predicted octanol–water partition coefficient (Wildman–Crippen LogP) is 4.47. The molecule has 1 aromatic carbocycles. The van der Waals surface area contributed by atoms with Crippen molar-refractivity contribution in [1.29, 1.82) is 0 Å². The Morgan fingerprint density at radius 2 is 2.16 bits per heavy atom. The molecule has 1 saturated heterocycles. The Kier molecular flexibility index (Phi) is 4.70. The van der Waals surface area contributed by atoms with Crippen molar-refractivity contribution in [3.8, 4) is 16.5 Å². The fraction of sp³-hybridized carbons (Fsp3) is 0.333. The van der Waals surface area contributed by atoms with Gasteiger partial charge in [0.25, 0.3) is 0 Å². The Morgan fingerprint density at radius 1 is 1.32 bits per heavy atom. The molecule has 0 bridgehead atoms. The number of aromatic nitrogens is 3. The van der Waals surface area contributed by atoms with Gasteiger partial charge in [0.05, 0.1) is 18.7 Å². The SMILES string of the molecule is COc1ccc([C@@H]2CCCN2Cn2[nH]c(-c3cccs3)nc2=S)cc1. The van der Waals surface area contributed by atoms with E-state index in [2.05, 4.69) is 33.2 Å². The molecule has 4 rings (SSSR count). The van der Waals surface area contributed by atoms with Gasteiger partial charge in [-0.2, -0.15) is 4.98 Å². The minimum Gasteiger partial charge on any atom is -0.497 e. The molecule has 3 aromatic rings. The first kappa shape index (κ1) is 16.5. The van der Waals surface area contributed by atoms with E-state index in [-0.39, 0.29) is 0 Å². The minimum absolute atomic E-state index is 0.404. The number of hydrogen-bond donors (Lipinski definition) is 1. The lowest BCUT2D eigenvalue weighted by molar-refractivity contribution is 0.190. The Hall–Kier alpha value is -1.96. The van der Waals surface area contributed by atoms with Gasteiger partial charge in [-0.1, -0.05) is 18.2 Å². The molecule has 1 fully saturated rings. The van der Waals surface area contributed by atoms with E-state index >= 15 is 0 Å². The fourth-order valence-electron chi connectivity index (χ4n) is 3.36. The molecule has 0 spiro atoms. The molecule has 1 aliphatic heterocycles. The first-order chi connectivity index (χ1) is 12.2. The number of benzene rings is 1. The van der Waals surface area contributed by atoms with Gasteiger partial charge in [0.2, 0.25) is 4.77 Å². The molecule has 1 aliphatic rings. The van der Waals surface area contributed by atoms with Crippen molar-refractivity contribution in [3.63, 3.8) is 0 Å². The summed E-state index contributed by atoms with van der Waals surface area (Å²) in [4.78, 5) is 8.07. The monoisotopic (exact) mass is 372 g/mol. The number of rotatable bonds is 5. The van der Waals surface area contributed by atoms with E-state index in [1.807, 2.05) is 28.3 Å². The molecule has 0 saturated carbocycles. The summed E-state index contributed by atoms with van der Waals surface area (Å²) in [5, 5.41) is 5.40. The van der Waals surface area contributed by atoms with Gasteiger partial charge >= 0.3 is 0 Å². The highest BCUT2D eigenvalue weighted by Crippen LogP contribution is 2.33. The van der Waals surface area contributed by atoms with Crippen molar-refractivity contribution in [1.82, 2.24) is 19.7 Å². The van der Waals surface area contributed by atoms with Crippen LogP contribution in [0.15, 0.2) is 41.8 Å². The van der Waals surface area contributed by atoms with E-state index in [1.165, 1.54) is 12.0 Å². The van der Waals surface area contributed by atoms with E-state index in [0.717, 1.165) is 36.1 Å². The number of aromatic amines is 1. The highest BCUT2D eigenvalue weighted by Gasteiger charge is 2.26. The first-order valence-corrected chi connectivity index (χ1v) is 9.62. The van der Waals surface area contributed by atoms with Crippen LogP contribution in [0.4, 0.5) is 0 Å². The molecule has 0 amide bonds. The number of ether oxygens (including phenoxy) is 1. The zero-order chi connectivity index (χ0) is 17.2. The van der Waals surface area contributed by atoms with Gasteiger partial charge in [-0.3, -0.25) is 10.00 Å². The number of thiophene rings is 1. The molecule has 5 nitrogen and oxygen atoms in total. The van der Waals surface area contributed by atoms with Crippen LogP contribution in [0.1, 0.15) is 24.4 Å². The normalized spacial score (nSPS) is 17.9. The quantitative estimate of drug-likeness (QED) is 0.671. The van der Waals surface area contributed by atoms with Gasteiger partial charge < -0.3 is 4.74 Å². The molecule has 1 N–H and O–H groups in total. The number of H-pyrrole nitrogens is 1. The third-order valence-electron chi connectivity index (χ3n) is 4.62. The first-order valence-electron chi connectivity index (χ1n) is 8.33. The van der Waals surface area contributed by atoms with Gasteiger partial charge in [0.15, 0.2) is 5.82 Å². The van der Waals surface area contributed by atoms with Crippen LogP contribution in [0.2, 0.25) is 0 Å². The Balaban J connectivity index is 1.54. The number of hydrogen-bond acceptors (Lipinski definition) is 5. The molecule has 0 unspecified atom stereocenters. The van der Waals surface area contributed by atoms with Crippen LogP contribution >= 0.6 is 23.6 Å². The summed E-state index contributed by atoms with van der Waals surface area (Å²) >= 11 is 7.11. The van der Waals surface area contributed by atoms with Crippen LogP contribution in [0.25, 0.3) is 10.7 Å². The average Bonchev–Trinajstić information content (AvgIpc) is 3.37. The van der Waals surface area contributed by atoms with Crippen LogP contribution in [0.3, 0.4) is 0 Å². The summed E-state index contributed by atoms with van der Waals surface area (Å²) in [7, 11) is 1.70. The number of methoxy groups -OCH3 is 1. The lowest BCUT2D eigenvalue weighted by atomic mass is 10.0. The third-order valence-corrected chi connectivity index (χ3v) is 5.81. The predicted molar refractivity (Wildman–Crippen MR) is 102 cm³/mol. The largest absolute Gasteiger partial charge is 0.497 e. The van der Waals surface area contributed by atoms with E-state index in [1.54, 1.807) is 18.4 Å². The maximum absolute atomic E-state index is 5.45. The van der Waals surface area contributed by atoms with Crippen molar-refractivity contribution in [2.24, 2.45) is 0 Å². The van der Waals surface area contributed by atoms with Crippen LogP contribution < -0.4 is 4.74 Å². The molecule has 0 radical (unpaired) electrons. The Labute approximate surface area is 155 Å². The third kappa shape index (κ3) is 3.40. The van der Waals surface area contributed by atoms with E-state index in [0.29, 0.717) is 10.8 Å². The van der Waals surface area contributed by atoms with Crippen LogP contribution in [-0.4, -0.2) is 33.3 Å². The zero-order valence-electron chi connectivity index (χ0n) is 14.0. The highest BCUT2D eigenvalue weighted by atomic mass is 32.1. The molecule has 7 heteroatoms. The summed E-state index contributed by atoms with van der Waals surface area (Å²) in [6.07, 6.45) is 2.35. The summed E-state index contributed by atoms with van der Waals surface area (Å²) in [6.45, 7) is 1.79. The van der Waals surface area contributed by atoms with Crippen molar-refractivity contribution in [2.75, 3.05) is 13.7 Å². The summed E-state index contributed by atoms with van der Waals surface area (Å²) in [5.41, 5.74) is 1.32. The lowest BCUT2D eigenvalue weighted by Crippen LogP contribution is -2.26. The van der Waals surface area contributed by atoms with Crippen molar-refractivity contribution < 1.29 is 4.74 Å². The van der Waals surface area contributed by atoms with E-state index in [4.69, 9.17) is 17.0 Å². The number of nitrogens with one attached hydrogen (secondary N) is 1. The molecular formula is C18H20N4OS2. The van der Waals surface area contributed by atoms with Gasteiger partial charge in [-0.15, -0.1) is 11.3 Å². The van der Waals surface area contributed by atoms with Gasteiger partial charge in [-0.25, -0.2) is 4.68 Å². The number of likely N-dealkylation sites (tertiary alicyclic amines) is 1. The zero-order valence-corrected chi connectivity index (χ0v) is 15.6. The average molecular weight is 373 g/mol. The second kappa shape index (κ2) is 7.11. The molecule has 2 aromatic heterocycles. The van der Waals surface area contributed by atoms with Crippen LogP contribution in [-0.2, 0) is 6.67 Å². The highest BCUT2D eigenvalue weighted by molar-refractivity contribution is 7.71. The second-order valence-electron chi connectivity index (χ2n) is 6.15. The van der Waals surface area contributed by atoms with E-state index in [9.17, 15) is 0 Å². The molecule has 25 heavy (non-hydrogen) atoms. The van der Waals surface area contributed by atoms with Crippen molar-refractivity contribution in [2.45, 2.75) is 25.6 Å². The summed E-state index contributed by atoms with van der Waals surface area (Å²) < 4.78 is 7.83. The summed E-state index contributed by atoms with van der Waals surface area (Å²) in [5.74, 6) is 1.74. The standard InChI is InChI=1S/C18H20N4OS2/c1-23-14-8-6-13(7-9-14)15-4-2-10-21(15)12-22-18(24)19-17(20-22)16-5-3-11-25-16/h3,5-9,11,15H,2,4,10,12H2,1H3,(H,19,20,24)/t15-/m0/s1. The topological polar surface area (TPSA) is 46.1 Å². The molecule has 3 heterocycles. The maximum atomic E-state index is 5.45. The fourth-order valence-corrected chi connectivity index (χ4v) is 4.22. The number of nitrogens with zero attached hydrogens (tertiary/aromatic N) is 3. The molecule has 130 valence electrons. The Morgan fingerprint density at radius 3 is 2.88 bits per heavy atom.